The summed E-state index contributed by atoms with van der Waals surface area (Å²) in [5.74, 6) is 1.53. The van der Waals surface area contributed by atoms with Gasteiger partial charge >= 0.3 is 0 Å². The molecule has 1 saturated heterocycles. The summed E-state index contributed by atoms with van der Waals surface area (Å²) < 4.78 is 11.3. The second-order valence-electron chi connectivity index (χ2n) is 8.14. The van der Waals surface area contributed by atoms with Crippen molar-refractivity contribution in [3.63, 3.8) is 0 Å². The molecule has 2 N–H and O–H groups in total. The zero-order valence-corrected chi connectivity index (χ0v) is 16.8. The maximum atomic E-state index is 5.92. The van der Waals surface area contributed by atoms with Crippen LogP contribution in [0.15, 0.2) is 30.3 Å². The minimum atomic E-state index is 0.589. The highest BCUT2D eigenvalue weighted by Crippen LogP contribution is 2.47. The molecule has 3 aliphatic rings. The molecule has 0 unspecified atom stereocenters. The molecule has 0 spiro atoms. The van der Waals surface area contributed by atoms with Gasteiger partial charge in [0.25, 0.3) is 0 Å². The molecule has 2 atom stereocenters. The van der Waals surface area contributed by atoms with Crippen LogP contribution in [0.25, 0.3) is 0 Å². The Balaban J connectivity index is 1.43. The summed E-state index contributed by atoms with van der Waals surface area (Å²) >= 11 is 0. The van der Waals surface area contributed by atoms with Gasteiger partial charge < -0.3 is 25.0 Å². The van der Waals surface area contributed by atoms with Gasteiger partial charge in [-0.05, 0) is 54.8 Å². The average Bonchev–Trinajstić information content (AvgIpc) is 2.88. The first-order valence-electron chi connectivity index (χ1n) is 10.3. The van der Waals surface area contributed by atoms with Crippen LogP contribution >= 0.6 is 0 Å². The Morgan fingerprint density at radius 1 is 1.29 bits per heavy atom. The summed E-state index contributed by atoms with van der Waals surface area (Å²) in [7, 11) is 1.72. The summed E-state index contributed by atoms with van der Waals surface area (Å²) in [6.07, 6.45) is 1.21. The third-order valence-electron chi connectivity index (χ3n) is 6.44. The molecule has 28 heavy (non-hydrogen) atoms. The molecule has 3 heterocycles. The van der Waals surface area contributed by atoms with Gasteiger partial charge in [0, 0.05) is 48.5 Å². The number of ether oxygens (including phenoxy) is 2. The number of benzene rings is 2. The molecule has 5 heteroatoms. The third-order valence-corrected chi connectivity index (χ3v) is 6.44. The topological polar surface area (TPSA) is 45.8 Å². The van der Waals surface area contributed by atoms with Crippen molar-refractivity contribution >= 4 is 11.4 Å². The maximum absolute atomic E-state index is 5.92. The molecule has 0 aliphatic carbocycles. The molecule has 2 aromatic rings. The van der Waals surface area contributed by atoms with Gasteiger partial charge in [-0.1, -0.05) is 12.1 Å². The number of nitrogens with one attached hydrogen (secondary N) is 2. The molecule has 1 fully saturated rings. The van der Waals surface area contributed by atoms with E-state index in [4.69, 9.17) is 9.47 Å². The lowest BCUT2D eigenvalue weighted by Crippen LogP contribution is -2.44. The number of rotatable bonds is 4. The summed E-state index contributed by atoms with van der Waals surface area (Å²) in [5, 5.41) is 7.25. The van der Waals surface area contributed by atoms with E-state index in [0.717, 1.165) is 38.5 Å². The largest absolute Gasteiger partial charge is 0.496 e. The van der Waals surface area contributed by atoms with E-state index in [9.17, 15) is 0 Å². The van der Waals surface area contributed by atoms with Crippen LogP contribution in [-0.2, 0) is 17.9 Å². The number of methoxy groups -OCH3 is 1. The highest BCUT2D eigenvalue weighted by Gasteiger charge is 2.41. The van der Waals surface area contributed by atoms with E-state index in [1.165, 1.54) is 40.0 Å². The summed E-state index contributed by atoms with van der Waals surface area (Å²) in [5.41, 5.74) is 7.90. The first-order chi connectivity index (χ1) is 13.7. The second-order valence-corrected chi connectivity index (χ2v) is 8.14. The smallest absolute Gasteiger partial charge is 0.121 e. The zero-order valence-electron chi connectivity index (χ0n) is 16.8. The van der Waals surface area contributed by atoms with Gasteiger partial charge in [0.2, 0.25) is 0 Å². The summed E-state index contributed by atoms with van der Waals surface area (Å²) in [4.78, 5) is 2.62. The molecule has 5 rings (SSSR count). The first kappa shape index (κ1) is 17.8. The SMILES string of the molecule is COc1ccc(CNc2cc3c4c(c2)[C@@H]2CNCC[C@@H]2N4CCOC3)cc1C. The van der Waals surface area contributed by atoms with Crippen LogP contribution in [-0.4, -0.2) is 39.4 Å². The van der Waals surface area contributed by atoms with E-state index in [-0.39, 0.29) is 0 Å². The molecule has 0 aromatic heterocycles. The molecule has 0 saturated carbocycles. The van der Waals surface area contributed by atoms with Crippen molar-refractivity contribution in [3.8, 4) is 5.75 Å². The van der Waals surface area contributed by atoms with Gasteiger partial charge in [-0.2, -0.15) is 0 Å². The summed E-state index contributed by atoms with van der Waals surface area (Å²) in [6, 6.07) is 11.7. The molecule has 0 radical (unpaired) electrons. The van der Waals surface area contributed by atoms with Crippen molar-refractivity contribution in [2.24, 2.45) is 0 Å². The predicted molar refractivity (Wildman–Crippen MR) is 113 cm³/mol. The number of anilines is 2. The lowest BCUT2D eigenvalue weighted by molar-refractivity contribution is 0.130. The van der Waals surface area contributed by atoms with Gasteiger partial charge in [-0.3, -0.25) is 0 Å². The van der Waals surface area contributed by atoms with Crippen LogP contribution in [0, 0.1) is 6.92 Å². The number of hydrogen-bond acceptors (Lipinski definition) is 5. The Bertz CT molecular complexity index is 882. The lowest BCUT2D eigenvalue weighted by atomic mass is 9.89. The van der Waals surface area contributed by atoms with Crippen LogP contribution < -0.4 is 20.3 Å². The van der Waals surface area contributed by atoms with Gasteiger partial charge in [-0.15, -0.1) is 0 Å². The fourth-order valence-corrected chi connectivity index (χ4v) is 5.14. The average molecular weight is 380 g/mol. The Morgan fingerprint density at radius 2 is 2.21 bits per heavy atom. The first-order valence-corrected chi connectivity index (χ1v) is 10.3. The van der Waals surface area contributed by atoms with Crippen LogP contribution in [0.3, 0.4) is 0 Å². The van der Waals surface area contributed by atoms with E-state index >= 15 is 0 Å². The monoisotopic (exact) mass is 379 g/mol. The van der Waals surface area contributed by atoms with E-state index < -0.39 is 0 Å². The van der Waals surface area contributed by atoms with Gasteiger partial charge in [0.1, 0.15) is 5.75 Å². The van der Waals surface area contributed by atoms with Crippen molar-refractivity contribution in [2.75, 3.05) is 43.6 Å². The molecule has 2 aromatic carbocycles. The van der Waals surface area contributed by atoms with Crippen molar-refractivity contribution < 1.29 is 9.47 Å². The van der Waals surface area contributed by atoms with Crippen LogP contribution in [0.4, 0.5) is 11.4 Å². The van der Waals surface area contributed by atoms with E-state index in [1.54, 1.807) is 7.11 Å². The van der Waals surface area contributed by atoms with Crippen molar-refractivity contribution in [2.45, 2.75) is 38.5 Å². The standard InChI is InChI=1S/C23H29N3O2/c1-15-9-16(3-4-22(15)27-2)12-25-18-10-17-14-28-8-7-26-21-5-6-24-13-20(21)19(11-18)23(17)26/h3-4,9-11,20-21,24-25H,5-8,12-14H2,1-2H3/t20-,21-/m0/s1. The van der Waals surface area contributed by atoms with E-state index in [0.29, 0.717) is 18.6 Å². The Kier molecular flexibility index (Phi) is 4.65. The fraction of sp³-hybridized carbons (Fsp3) is 0.478. The third kappa shape index (κ3) is 3.03. The van der Waals surface area contributed by atoms with E-state index in [2.05, 4.69) is 46.7 Å². The van der Waals surface area contributed by atoms with Gasteiger partial charge in [-0.25, -0.2) is 0 Å². The van der Waals surface area contributed by atoms with Crippen molar-refractivity contribution in [1.82, 2.24) is 5.32 Å². The molecule has 3 aliphatic heterocycles. The molecular weight excluding hydrogens is 350 g/mol. The minimum Gasteiger partial charge on any atom is -0.496 e. The Hall–Kier alpha value is -2.24. The highest BCUT2D eigenvalue weighted by molar-refractivity contribution is 5.72. The molecule has 5 nitrogen and oxygen atoms in total. The minimum absolute atomic E-state index is 0.589. The summed E-state index contributed by atoms with van der Waals surface area (Å²) in [6.45, 7) is 7.63. The molecule has 0 bridgehead atoms. The quantitative estimate of drug-likeness (QED) is 0.852. The van der Waals surface area contributed by atoms with Crippen LogP contribution in [0.5, 0.6) is 5.75 Å². The normalized spacial score (nSPS) is 23.0. The van der Waals surface area contributed by atoms with Gasteiger partial charge in [0.05, 0.1) is 20.3 Å². The fourth-order valence-electron chi connectivity index (χ4n) is 5.14. The lowest BCUT2D eigenvalue weighted by Gasteiger charge is -2.33. The van der Waals surface area contributed by atoms with Crippen LogP contribution in [0.1, 0.15) is 34.6 Å². The Morgan fingerprint density at radius 3 is 3.07 bits per heavy atom. The molecule has 148 valence electrons. The number of fused-ring (bicyclic) bond motifs is 3. The number of aryl methyl sites for hydroxylation is 1. The maximum Gasteiger partial charge on any atom is 0.121 e. The highest BCUT2D eigenvalue weighted by atomic mass is 16.5. The van der Waals surface area contributed by atoms with Crippen molar-refractivity contribution in [3.05, 3.63) is 52.6 Å². The van der Waals surface area contributed by atoms with E-state index in [1.807, 2.05) is 6.07 Å². The van der Waals surface area contributed by atoms with Crippen LogP contribution in [0.2, 0.25) is 0 Å². The second kappa shape index (κ2) is 7.30. The predicted octanol–water partition coefficient (Wildman–Crippen LogP) is 3.41. The van der Waals surface area contributed by atoms with Gasteiger partial charge in [0.15, 0.2) is 0 Å². The molecular formula is C23H29N3O2. The van der Waals surface area contributed by atoms with Crippen molar-refractivity contribution in [1.29, 1.82) is 0 Å². The zero-order chi connectivity index (χ0) is 19.1. The number of hydrogen-bond donors (Lipinski definition) is 2. The Labute approximate surface area is 167 Å². The molecule has 0 amide bonds. The number of nitrogens with zero attached hydrogens (tertiary/aromatic N) is 1. The number of piperidine rings is 1.